The number of nitrogens with zero attached hydrogens (tertiary/aromatic N) is 2. The van der Waals surface area contributed by atoms with Crippen LogP contribution in [-0.2, 0) is 0 Å². The van der Waals surface area contributed by atoms with Crippen molar-refractivity contribution >= 4 is 5.71 Å². The van der Waals surface area contributed by atoms with Gasteiger partial charge in [-0.2, -0.15) is 5.10 Å². The fourth-order valence-electron chi connectivity index (χ4n) is 4.15. The summed E-state index contributed by atoms with van der Waals surface area (Å²) in [5.74, 6) is 2.39. The fourth-order valence-corrected chi connectivity index (χ4v) is 4.15. The molecule has 0 N–H and O–H groups in total. The second-order valence-corrected chi connectivity index (χ2v) is 7.63. The number of rotatable bonds is 4. The molecule has 0 amide bonds. The van der Waals surface area contributed by atoms with Gasteiger partial charge in [0.25, 0.3) is 0 Å². The molecule has 2 aliphatic rings. The topological polar surface area (TPSA) is 43.3 Å². The molecule has 5 nitrogen and oxygen atoms in total. The van der Waals surface area contributed by atoms with E-state index in [1.165, 1.54) is 5.56 Å². The number of methoxy groups -OCH3 is 2. The van der Waals surface area contributed by atoms with E-state index in [2.05, 4.69) is 54.4 Å². The number of aryl methyl sites for hydroxylation is 1. The molecule has 2 aliphatic heterocycles. The van der Waals surface area contributed by atoms with Crippen LogP contribution in [0.3, 0.4) is 0 Å². The van der Waals surface area contributed by atoms with Crippen LogP contribution in [0.15, 0.2) is 71.8 Å². The maximum Gasteiger partial charge on any atom is 0.214 e. The Bertz CT molecular complexity index is 1090. The molecule has 0 unspecified atom stereocenters. The first-order valence-electron chi connectivity index (χ1n) is 10.1. The maximum atomic E-state index is 6.49. The van der Waals surface area contributed by atoms with E-state index in [9.17, 15) is 0 Å². The highest BCUT2D eigenvalue weighted by atomic mass is 16.5. The van der Waals surface area contributed by atoms with E-state index in [0.29, 0.717) is 0 Å². The number of para-hydroxylation sites is 1. The SMILES string of the molecule is COc1ccc(C2=NN3[C@@H](C2)c2cccc(OC)c2O[C@H]3c2ccc(C)cc2)cc1. The Morgan fingerprint density at radius 1 is 0.933 bits per heavy atom. The molecule has 3 aromatic rings. The van der Waals surface area contributed by atoms with Crippen molar-refractivity contribution in [3.63, 3.8) is 0 Å². The van der Waals surface area contributed by atoms with Crippen molar-refractivity contribution in [2.75, 3.05) is 14.2 Å². The Balaban J connectivity index is 1.59. The van der Waals surface area contributed by atoms with Gasteiger partial charge in [-0.15, -0.1) is 0 Å². The standard InChI is InChI=1S/C25H24N2O3/c1-16-7-9-18(10-8-16)25-27-22(20-5-4-6-23(29-3)24(20)30-25)15-21(26-27)17-11-13-19(28-2)14-12-17/h4-14,22,25H,15H2,1-3H3/t22-,25-/m0/s1. The van der Waals surface area contributed by atoms with E-state index >= 15 is 0 Å². The Hall–Kier alpha value is -3.47. The van der Waals surface area contributed by atoms with E-state index in [0.717, 1.165) is 46.1 Å². The van der Waals surface area contributed by atoms with E-state index in [1.807, 2.05) is 24.3 Å². The maximum absolute atomic E-state index is 6.49. The van der Waals surface area contributed by atoms with Gasteiger partial charge >= 0.3 is 0 Å². The van der Waals surface area contributed by atoms with Gasteiger partial charge in [0.2, 0.25) is 6.23 Å². The molecule has 5 rings (SSSR count). The molecule has 0 saturated carbocycles. The van der Waals surface area contributed by atoms with Crippen LogP contribution in [0.1, 0.15) is 40.9 Å². The number of hydrogen-bond donors (Lipinski definition) is 0. The van der Waals surface area contributed by atoms with Crippen molar-refractivity contribution in [1.29, 1.82) is 0 Å². The summed E-state index contributed by atoms with van der Waals surface area (Å²) in [7, 11) is 3.36. The predicted octanol–water partition coefficient (Wildman–Crippen LogP) is 5.25. The van der Waals surface area contributed by atoms with Crippen molar-refractivity contribution in [3.8, 4) is 17.2 Å². The summed E-state index contributed by atoms with van der Waals surface area (Å²) in [6.45, 7) is 2.09. The van der Waals surface area contributed by atoms with Gasteiger partial charge in [0.1, 0.15) is 5.75 Å². The molecule has 0 aromatic heterocycles. The van der Waals surface area contributed by atoms with Gasteiger partial charge < -0.3 is 14.2 Å². The number of fused-ring (bicyclic) bond motifs is 3. The van der Waals surface area contributed by atoms with Gasteiger partial charge in [-0.05, 0) is 42.8 Å². The van der Waals surface area contributed by atoms with Crippen molar-refractivity contribution in [2.45, 2.75) is 25.6 Å². The van der Waals surface area contributed by atoms with E-state index in [4.69, 9.17) is 19.3 Å². The molecule has 0 fully saturated rings. The van der Waals surface area contributed by atoms with Gasteiger partial charge in [-0.1, -0.05) is 42.0 Å². The zero-order valence-corrected chi connectivity index (χ0v) is 17.3. The molecule has 0 aliphatic carbocycles. The summed E-state index contributed by atoms with van der Waals surface area (Å²) in [5.41, 5.74) is 5.52. The second kappa shape index (κ2) is 7.41. The van der Waals surface area contributed by atoms with E-state index in [1.54, 1.807) is 14.2 Å². The van der Waals surface area contributed by atoms with Crippen LogP contribution in [-0.4, -0.2) is 24.9 Å². The average molecular weight is 400 g/mol. The molecule has 152 valence electrons. The Kier molecular flexibility index (Phi) is 4.58. The van der Waals surface area contributed by atoms with Crippen LogP contribution in [0.5, 0.6) is 17.2 Å². The zero-order valence-electron chi connectivity index (χ0n) is 17.3. The minimum atomic E-state index is -0.310. The van der Waals surface area contributed by atoms with Gasteiger partial charge in [-0.3, -0.25) is 0 Å². The molecule has 2 atom stereocenters. The van der Waals surface area contributed by atoms with Gasteiger partial charge in [0.05, 0.1) is 26.0 Å². The summed E-state index contributed by atoms with van der Waals surface area (Å²) in [6, 6.07) is 22.6. The highest BCUT2D eigenvalue weighted by Gasteiger charge is 2.42. The summed E-state index contributed by atoms with van der Waals surface area (Å²) in [6.07, 6.45) is 0.494. The van der Waals surface area contributed by atoms with Crippen molar-refractivity contribution in [1.82, 2.24) is 5.01 Å². The molecule has 0 radical (unpaired) electrons. The fraction of sp³-hybridized carbons (Fsp3) is 0.240. The Morgan fingerprint density at radius 3 is 2.40 bits per heavy atom. The molecule has 0 spiro atoms. The van der Waals surface area contributed by atoms with Crippen LogP contribution in [0.4, 0.5) is 0 Å². The lowest BCUT2D eigenvalue weighted by atomic mass is 9.95. The van der Waals surface area contributed by atoms with Crippen molar-refractivity contribution in [2.24, 2.45) is 5.10 Å². The van der Waals surface area contributed by atoms with Crippen molar-refractivity contribution < 1.29 is 14.2 Å². The summed E-state index contributed by atoms with van der Waals surface area (Å²) < 4.78 is 17.4. The Labute approximate surface area is 176 Å². The third kappa shape index (κ3) is 3.07. The van der Waals surface area contributed by atoms with Gasteiger partial charge in [-0.25, -0.2) is 5.01 Å². The first kappa shape index (κ1) is 18.6. The van der Waals surface area contributed by atoms with Crippen LogP contribution in [0.25, 0.3) is 0 Å². The van der Waals surface area contributed by atoms with Crippen LogP contribution in [0, 0.1) is 6.92 Å². The highest BCUT2D eigenvalue weighted by Crippen LogP contribution is 2.50. The van der Waals surface area contributed by atoms with Crippen LogP contribution < -0.4 is 14.2 Å². The third-order valence-corrected chi connectivity index (χ3v) is 5.79. The largest absolute Gasteiger partial charge is 0.497 e. The highest BCUT2D eigenvalue weighted by molar-refractivity contribution is 6.02. The molecule has 2 heterocycles. The lowest BCUT2D eigenvalue weighted by molar-refractivity contribution is -0.0209. The monoisotopic (exact) mass is 400 g/mol. The summed E-state index contributed by atoms with van der Waals surface area (Å²) >= 11 is 0. The number of benzene rings is 3. The lowest BCUT2D eigenvalue weighted by Crippen LogP contribution is -2.33. The number of ether oxygens (including phenoxy) is 3. The molecular formula is C25H24N2O3. The lowest BCUT2D eigenvalue weighted by Gasteiger charge is -2.38. The minimum absolute atomic E-state index is 0.0901. The third-order valence-electron chi connectivity index (χ3n) is 5.79. The van der Waals surface area contributed by atoms with E-state index < -0.39 is 0 Å². The normalized spacial score (nSPS) is 19.4. The second-order valence-electron chi connectivity index (χ2n) is 7.63. The molecule has 0 saturated heterocycles. The zero-order chi connectivity index (χ0) is 20.7. The molecular weight excluding hydrogens is 376 g/mol. The minimum Gasteiger partial charge on any atom is -0.497 e. The molecule has 3 aromatic carbocycles. The predicted molar refractivity (Wildman–Crippen MR) is 116 cm³/mol. The van der Waals surface area contributed by atoms with Gasteiger partial charge in [0.15, 0.2) is 11.5 Å². The quantitative estimate of drug-likeness (QED) is 0.600. The number of hydrogen-bond acceptors (Lipinski definition) is 5. The average Bonchev–Trinajstić information content (AvgIpc) is 3.24. The van der Waals surface area contributed by atoms with E-state index in [-0.39, 0.29) is 12.3 Å². The van der Waals surface area contributed by atoms with Crippen LogP contribution >= 0.6 is 0 Å². The van der Waals surface area contributed by atoms with Crippen LogP contribution in [0.2, 0.25) is 0 Å². The molecule has 5 heteroatoms. The van der Waals surface area contributed by atoms with Gasteiger partial charge in [0, 0.05) is 17.5 Å². The van der Waals surface area contributed by atoms with Crippen molar-refractivity contribution in [3.05, 3.63) is 89.0 Å². The Morgan fingerprint density at radius 2 is 1.70 bits per heavy atom. The molecule has 0 bridgehead atoms. The summed E-state index contributed by atoms with van der Waals surface area (Å²) in [5, 5.41) is 7.10. The number of hydrazone groups is 1. The smallest absolute Gasteiger partial charge is 0.214 e. The first-order valence-corrected chi connectivity index (χ1v) is 10.1. The first-order chi connectivity index (χ1) is 14.7. The summed E-state index contributed by atoms with van der Waals surface area (Å²) in [4.78, 5) is 0. The molecule has 30 heavy (non-hydrogen) atoms.